The molecule has 1 saturated heterocycles. The molecule has 0 saturated carbocycles. The van der Waals surface area contributed by atoms with Gasteiger partial charge >= 0.3 is 6.09 Å². The summed E-state index contributed by atoms with van der Waals surface area (Å²) in [5, 5.41) is 5.01. The number of amides is 1. The number of hydrogen-bond donors (Lipinski definition) is 1. The molecule has 4 rings (SSSR count). The van der Waals surface area contributed by atoms with Gasteiger partial charge in [0, 0.05) is 57.9 Å². The highest BCUT2D eigenvalue weighted by atomic mass is 28.3. The number of likely N-dealkylation sites (tertiary alicyclic amines) is 1. The smallest absolute Gasteiger partial charge is 0.410 e. The van der Waals surface area contributed by atoms with Crippen LogP contribution < -0.4 is 5.73 Å². The lowest BCUT2D eigenvalue weighted by Gasteiger charge is -2.24. The van der Waals surface area contributed by atoms with E-state index in [1.165, 1.54) is 0 Å². The number of anilines is 1. The SMILES string of the molecule is Cn1cc(-c2cc3c(C(=O)C4CCN(C(=O)OC(C)(C)C)C4)c(N)cnc3n2COCC[Si](C)(C)C)cn1. The van der Waals surface area contributed by atoms with Crippen LogP contribution in [0.3, 0.4) is 0 Å². The van der Waals surface area contributed by atoms with E-state index in [0.29, 0.717) is 55.1 Å². The molecular formula is C27H40N6O4Si. The normalized spacial score (nSPS) is 16.4. The third-order valence-corrected chi connectivity index (χ3v) is 8.33. The molecule has 0 aliphatic carbocycles. The van der Waals surface area contributed by atoms with Gasteiger partial charge in [-0.3, -0.25) is 9.48 Å². The molecule has 0 aromatic carbocycles. The number of fused-ring (bicyclic) bond motifs is 1. The van der Waals surface area contributed by atoms with E-state index in [1.807, 2.05) is 44.6 Å². The third kappa shape index (κ3) is 6.27. The first-order valence-electron chi connectivity index (χ1n) is 13.1. The zero-order valence-electron chi connectivity index (χ0n) is 23.6. The topological polar surface area (TPSA) is 118 Å². The van der Waals surface area contributed by atoms with Crippen LogP contribution in [0.25, 0.3) is 22.3 Å². The van der Waals surface area contributed by atoms with E-state index in [0.717, 1.165) is 17.3 Å². The molecule has 0 spiro atoms. The quantitative estimate of drug-likeness (QED) is 0.248. The molecule has 1 atom stereocenters. The van der Waals surface area contributed by atoms with Crippen LogP contribution in [0.15, 0.2) is 24.7 Å². The number of ketones is 1. The third-order valence-electron chi connectivity index (χ3n) is 6.63. The Morgan fingerprint density at radius 2 is 1.95 bits per heavy atom. The second-order valence-corrected chi connectivity index (χ2v) is 17.9. The number of nitrogens with two attached hydrogens (primary N) is 1. The fourth-order valence-electron chi connectivity index (χ4n) is 4.62. The summed E-state index contributed by atoms with van der Waals surface area (Å²) in [4.78, 5) is 32.6. The Kier molecular flexibility index (Phi) is 7.71. The monoisotopic (exact) mass is 540 g/mol. The van der Waals surface area contributed by atoms with Gasteiger partial charge in [-0.1, -0.05) is 19.6 Å². The number of nitrogens with zero attached hydrogens (tertiary/aromatic N) is 5. The van der Waals surface area contributed by atoms with Crippen molar-refractivity contribution >= 4 is 36.7 Å². The maximum atomic E-state index is 13.8. The Balaban J connectivity index is 1.66. The van der Waals surface area contributed by atoms with Crippen LogP contribution in [-0.4, -0.2) is 69.5 Å². The molecule has 3 aromatic heterocycles. The van der Waals surface area contributed by atoms with E-state index in [4.69, 9.17) is 15.2 Å². The van der Waals surface area contributed by atoms with Crippen molar-refractivity contribution in [1.29, 1.82) is 0 Å². The van der Waals surface area contributed by atoms with Gasteiger partial charge in [-0.25, -0.2) is 9.78 Å². The van der Waals surface area contributed by atoms with Crippen molar-refractivity contribution in [2.24, 2.45) is 13.0 Å². The van der Waals surface area contributed by atoms with Crippen LogP contribution in [0.5, 0.6) is 0 Å². The molecule has 206 valence electrons. The number of pyridine rings is 1. The molecule has 0 bridgehead atoms. The first kappa shape index (κ1) is 27.8. The van der Waals surface area contributed by atoms with Crippen LogP contribution >= 0.6 is 0 Å². The van der Waals surface area contributed by atoms with E-state index in [-0.39, 0.29) is 11.7 Å². The van der Waals surface area contributed by atoms with Crippen molar-refractivity contribution in [2.75, 3.05) is 25.4 Å². The molecular weight excluding hydrogens is 500 g/mol. The van der Waals surface area contributed by atoms with E-state index < -0.39 is 19.8 Å². The minimum Gasteiger partial charge on any atom is -0.444 e. The van der Waals surface area contributed by atoms with Gasteiger partial charge in [0.1, 0.15) is 18.0 Å². The van der Waals surface area contributed by atoms with E-state index in [1.54, 1.807) is 22.0 Å². The molecule has 11 heteroatoms. The number of hydrogen-bond acceptors (Lipinski definition) is 7. The first-order chi connectivity index (χ1) is 17.7. The Morgan fingerprint density at radius 3 is 2.58 bits per heavy atom. The Bertz CT molecular complexity index is 1330. The van der Waals surface area contributed by atoms with Crippen molar-refractivity contribution < 1.29 is 19.1 Å². The minimum atomic E-state index is -1.24. The van der Waals surface area contributed by atoms with Crippen LogP contribution in [0, 0.1) is 5.92 Å². The summed E-state index contributed by atoms with van der Waals surface area (Å²) in [5.41, 5.74) is 8.93. The lowest BCUT2D eigenvalue weighted by molar-refractivity contribution is 0.0289. The summed E-state index contributed by atoms with van der Waals surface area (Å²) >= 11 is 0. The number of rotatable bonds is 8. The van der Waals surface area contributed by atoms with Crippen LogP contribution in [0.1, 0.15) is 37.6 Å². The van der Waals surface area contributed by atoms with Gasteiger partial charge in [0.2, 0.25) is 0 Å². The number of carbonyl (C=O) groups excluding carboxylic acids is 2. The summed E-state index contributed by atoms with van der Waals surface area (Å²) in [6, 6.07) is 3.00. The van der Waals surface area contributed by atoms with Gasteiger partial charge in [0.05, 0.1) is 29.3 Å². The first-order valence-corrected chi connectivity index (χ1v) is 16.8. The summed E-state index contributed by atoms with van der Waals surface area (Å²) in [7, 11) is 0.622. The highest BCUT2D eigenvalue weighted by molar-refractivity contribution is 6.76. The van der Waals surface area contributed by atoms with Crippen LogP contribution in [0.2, 0.25) is 25.7 Å². The van der Waals surface area contributed by atoms with Gasteiger partial charge in [-0.15, -0.1) is 0 Å². The van der Waals surface area contributed by atoms with Gasteiger partial charge in [0.15, 0.2) is 5.78 Å². The second-order valence-electron chi connectivity index (χ2n) is 12.3. The van der Waals surface area contributed by atoms with Gasteiger partial charge in [-0.2, -0.15) is 5.10 Å². The maximum Gasteiger partial charge on any atom is 0.410 e. The Labute approximate surface area is 225 Å². The van der Waals surface area contributed by atoms with Gasteiger partial charge in [-0.05, 0) is 39.3 Å². The molecule has 38 heavy (non-hydrogen) atoms. The predicted molar refractivity (Wildman–Crippen MR) is 151 cm³/mol. The van der Waals surface area contributed by atoms with Crippen LogP contribution in [0.4, 0.5) is 10.5 Å². The standard InChI is InChI=1S/C27H40N6O4Si/c1-27(2,3)37-26(35)32-9-8-18(16-32)24(34)23-20-12-22(19-13-30-31(4)15-19)33(25(20)29-14-21(23)28)17-36-10-11-38(5,6)7/h12-15,18H,8-11,16-17,28H2,1-7H3. The second kappa shape index (κ2) is 10.5. The number of aryl methyl sites for hydroxylation is 1. The van der Waals surface area contributed by atoms with Gasteiger partial charge in [0.25, 0.3) is 0 Å². The minimum absolute atomic E-state index is 0.0875. The Hall–Kier alpha value is -3.18. The molecule has 1 unspecified atom stereocenters. The fraction of sp³-hybridized carbons (Fsp3) is 0.556. The lowest BCUT2D eigenvalue weighted by atomic mass is 9.94. The van der Waals surface area contributed by atoms with E-state index in [2.05, 4.69) is 29.7 Å². The summed E-state index contributed by atoms with van der Waals surface area (Å²) in [5.74, 6) is -0.455. The zero-order valence-corrected chi connectivity index (χ0v) is 24.6. The molecule has 0 radical (unpaired) electrons. The average Bonchev–Trinajstić information content (AvgIpc) is 3.53. The fourth-order valence-corrected chi connectivity index (χ4v) is 5.37. The van der Waals surface area contributed by atoms with Crippen molar-refractivity contribution in [3.05, 3.63) is 30.2 Å². The average molecular weight is 541 g/mol. The molecule has 1 aliphatic rings. The predicted octanol–water partition coefficient (Wildman–Crippen LogP) is 4.77. The maximum absolute atomic E-state index is 13.8. The Morgan fingerprint density at radius 1 is 1.21 bits per heavy atom. The summed E-state index contributed by atoms with van der Waals surface area (Å²) < 4.78 is 15.3. The molecule has 4 heterocycles. The van der Waals surface area contributed by atoms with Crippen molar-refractivity contribution in [2.45, 2.75) is 65.2 Å². The summed E-state index contributed by atoms with van der Waals surface area (Å²) in [6.07, 6.45) is 5.40. The number of aromatic nitrogens is 4. The molecule has 1 fully saturated rings. The highest BCUT2D eigenvalue weighted by Gasteiger charge is 2.35. The van der Waals surface area contributed by atoms with Crippen molar-refractivity contribution in [3.8, 4) is 11.3 Å². The van der Waals surface area contributed by atoms with Gasteiger partial charge < -0.3 is 24.7 Å². The van der Waals surface area contributed by atoms with E-state index >= 15 is 0 Å². The van der Waals surface area contributed by atoms with Crippen molar-refractivity contribution in [1.82, 2.24) is 24.2 Å². The molecule has 3 aromatic rings. The molecule has 1 aliphatic heterocycles. The number of ether oxygens (including phenoxy) is 2. The number of Topliss-reactive ketones (excluding diaryl/α,β-unsaturated/α-hetero) is 1. The molecule has 10 nitrogen and oxygen atoms in total. The largest absolute Gasteiger partial charge is 0.444 e. The molecule has 2 N–H and O–H groups in total. The summed E-state index contributed by atoms with van der Waals surface area (Å²) in [6.45, 7) is 14.2. The number of carbonyl (C=O) groups is 2. The van der Waals surface area contributed by atoms with Crippen LogP contribution in [-0.2, 0) is 23.3 Å². The highest BCUT2D eigenvalue weighted by Crippen LogP contribution is 2.34. The number of nitrogen functional groups attached to an aromatic ring is 1. The van der Waals surface area contributed by atoms with Crippen molar-refractivity contribution in [3.63, 3.8) is 0 Å². The van der Waals surface area contributed by atoms with E-state index in [9.17, 15) is 9.59 Å². The molecule has 1 amide bonds. The zero-order chi connectivity index (χ0) is 27.8. The lowest BCUT2D eigenvalue weighted by Crippen LogP contribution is -2.36.